The molecule has 0 bridgehead atoms. The molecule has 0 saturated heterocycles. The Hall–Kier alpha value is -3.73. The first-order valence-electron chi connectivity index (χ1n) is 9.06. The van der Waals surface area contributed by atoms with Crippen molar-refractivity contribution in [3.05, 3.63) is 89.7 Å². The number of amides is 1. The highest BCUT2D eigenvalue weighted by Gasteiger charge is 2.10. The summed E-state index contributed by atoms with van der Waals surface area (Å²) in [5.74, 6) is 0.418. The molecule has 0 unspecified atom stereocenters. The van der Waals surface area contributed by atoms with Crippen LogP contribution in [-0.2, 0) is 0 Å². The Labute approximate surface area is 163 Å². The van der Waals surface area contributed by atoms with Gasteiger partial charge in [-0.3, -0.25) is 9.78 Å². The number of pyridine rings is 2. The van der Waals surface area contributed by atoms with E-state index in [1.807, 2.05) is 62.4 Å². The van der Waals surface area contributed by atoms with Crippen molar-refractivity contribution in [2.75, 3.05) is 10.6 Å². The van der Waals surface area contributed by atoms with Crippen LogP contribution in [0.5, 0.6) is 0 Å². The molecular weight excluding hydrogens is 348 g/mol. The summed E-state index contributed by atoms with van der Waals surface area (Å²) in [5.41, 5.74) is 5.25. The van der Waals surface area contributed by atoms with Gasteiger partial charge in [0.1, 0.15) is 5.82 Å². The second-order valence-corrected chi connectivity index (χ2v) is 6.64. The van der Waals surface area contributed by atoms with Crippen LogP contribution in [0, 0.1) is 13.8 Å². The number of benzene rings is 2. The molecule has 2 aromatic heterocycles. The maximum atomic E-state index is 12.7. The van der Waals surface area contributed by atoms with E-state index < -0.39 is 0 Å². The Morgan fingerprint density at radius 1 is 0.857 bits per heavy atom. The average Bonchev–Trinajstić information content (AvgIpc) is 2.72. The standard InChI is InChI=1S/C23H20N4O/c1-15-6-3-9-19(16(15)2)27-23(28)18-11-13-24-21(14-18)26-20-10-4-7-17-8-5-12-25-22(17)20/h3-14H,1-2H3,(H,24,26)(H,27,28). The molecule has 0 aliphatic carbocycles. The molecular formula is C23H20N4O. The summed E-state index contributed by atoms with van der Waals surface area (Å²) in [6.45, 7) is 4.02. The molecule has 4 rings (SSSR count). The molecule has 0 spiro atoms. The van der Waals surface area contributed by atoms with Gasteiger partial charge in [0.05, 0.1) is 11.2 Å². The quantitative estimate of drug-likeness (QED) is 0.517. The van der Waals surface area contributed by atoms with Crippen molar-refractivity contribution in [3.63, 3.8) is 0 Å². The van der Waals surface area contributed by atoms with Gasteiger partial charge in [0, 0.05) is 29.0 Å². The SMILES string of the molecule is Cc1cccc(NC(=O)c2ccnc(Nc3cccc4cccnc34)c2)c1C. The van der Waals surface area contributed by atoms with Crippen molar-refractivity contribution in [2.24, 2.45) is 0 Å². The van der Waals surface area contributed by atoms with Gasteiger partial charge < -0.3 is 10.6 Å². The second-order valence-electron chi connectivity index (χ2n) is 6.64. The second kappa shape index (κ2) is 7.48. The lowest BCUT2D eigenvalue weighted by Crippen LogP contribution is -2.13. The fourth-order valence-corrected chi connectivity index (χ4v) is 3.06. The van der Waals surface area contributed by atoms with E-state index in [0.29, 0.717) is 11.4 Å². The van der Waals surface area contributed by atoms with Crippen molar-refractivity contribution >= 4 is 34.0 Å². The molecule has 4 aromatic rings. The summed E-state index contributed by atoms with van der Waals surface area (Å²) in [6, 6.07) is 19.1. The predicted molar refractivity (Wildman–Crippen MR) is 113 cm³/mol. The highest BCUT2D eigenvalue weighted by molar-refractivity contribution is 6.05. The number of aromatic nitrogens is 2. The molecule has 2 aromatic carbocycles. The van der Waals surface area contributed by atoms with Crippen LogP contribution in [0.4, 0.5) is 17.2 Å². The summed E-state index contributed by atoms with van der Waals surface area (Å²) < 4.78 is 0. The molecule has 2 N–H and O–H groups in total. The van der Waals surface area contributed by atoms with E-state index in [9.17, 15) is 4.79 Å². The van der Waals surface area contributed by atoms with E-state index in [1.54, 1.807) is 24.5 Å². The Kier molecular flexibility index (Phi) is 4.72. The van der Waals surface area contributed by atoms with Crippen LogP contribution in [0.2, 0.25) is 0 Å². The fraction of sp³-hybridized carbons (Fsp3) is 0.0870. The minimum absolute atomic E-state index is 0.171. The summed E-state index contributed by atoms with van der Waals surface area (Å²) in [7, 11) is 0. The molecule has 1 amide bonds. The number of hydrogen-bond donors (Lipinski definition) is 2. The Balaban J connectivity index is 1.59. The normalized spacial score (nSPS) is 10.6. The van der Waals surface area contributed by atoms with Gasteiger partial charge in [-0.15, -0.1) is 0 Å². The zero-order chi connectivity index (χ0) is 19.5. The number of rotatable bonds is 4. The van der Waals surface area contributed by atoms with Crippen molar-refractivity contribution in [3.8, 4) is 0 Å². The molecule has 0 atom stereocenters. The van der Waals surface area contributed by atoms with E-state index in [0.717, 1.165) is 33.4 Å². The Bertz CT molecular complexity index is 1160. The molecule has 0 aliphatic heterocycles. The first kappa shape index (κ1) is 17.7. The highest BCUT2D eigenvalue weighted by atomic mass is 16.1. The van der Waals surface area contributed by atoms with E-state index in [-0.39, 0.29) is 5.91 Å². The van der Waals surface area contributed by atoms with Gasteiger partial charge in [-0.05, 0) is 55.3 Å². The number of nitrogens with zero attached hydrogens (tertiary/aromatic N) is 2. The third-order valence-corrected chi connectivity index (χ3v) is 4.77. The molecule has 5 nitrogen and oxygen atoms in total. The number of aryl methyl sites for hydroxylation is 1. The number of hydrogen-bond acceptors (Lipinski definition) is 4. The Morgan fingerprint density at radius 2 is 1.64 bits per heavy atom. The van der Waals surface area contributed by atoms with Gasteiger partial charge in [0.15, 0.2) is 0 Å². The topological polar surface area (TPSA) is 66.9 Å². The van der Waals surface area contributed by atoms with Gasteiger partial charge in [0.25, 0.3) is 5.91 Å². The summed E-state index contributed by atoms with van der Waals surface area (Å²) in [4.78, 5) is 21.5. The van der Waals surface area contributed by atoms with Crippen LogP contribution >= 0.6 is 0 Å². The van der Waals surface area contributed by atoms with E-state index in [1.165, 1.54) is 0 Å². The maximum absolute atomic E-state index is 12.7. The smallest absolute Gasteiger partial charge is 0.255 e. The van der Waals surface area contributed by atoms with Crippen LogP contribution in [0.25, 0.3) is 10.9 Å². The number of anilines is 3. The molecule has 138 valence electrons. The molecule has 0 saturated carbocycles. The predicted octanol–water partition coefficient (Wildman–Crippen LogP) is 5.24. The monoisotopic (exact) mass is 368 g/mol. The van der Waals surface area contributed by atoms with E-state index in [4.69, 9.17) is 0 Å². The average molecular weight is 368 g/mol. The third-order valence-electron chi connectivity index (χ3n) is 4.77. The Morgan fingerprint density at radius 3 is 2.54 bits per heavy atom. The van der Waals surface area contributed by atoms with Crippen molar-refractivity contribution in [1.29, 1.82) is 0 Å². The van der Waals surface area contributed by atoms with Gasteiger partial charge in [-0.1, -0.05) is 30.3 Å². The van der Waals surface area contributed by atoms with Crippen molar-refractivity contribution in [2.45, 2.75) is 13.8 Å². The molecule has 0 aliphatic rings. The van der Waals surface area contributed by atoms with Gasteiger partial charge in [-0.25, -0.2) is 4.98 Å². The third kappa shape index (κ3) is 3.55. The number of fused-ring (bicyclic) bond motifs is 1. The van der Waals surface area contributed by atoms with Crippen LogP contribution in [-0.4, -0.2) is 15.9 Å². The molecule has 0 fully saturated rings. The number of carbonyl (C=O) groups excluding carboxylic acids is 1. The minimum atomic E-state index is -0.171. The largest absolute Gasteiger partial charge is 0.338 e. The lowest BCUT2D eigenvalue weighted by molar-refractivity contribution is 0.102. The summed E-state index contributed by atoms with van der Waals surface area (Å²) in [6.07, 6.45) is 3.38. The summed E-state index contributed by atoms with van der Waals surface area (Å²) >= 11 is 0. The van der Waals surface area contributed by atoms with Gasteiger partial charge >= 0.3 is 0 Å². The number of carbonyl (C=O) groups is 1. The summed E-state index contributed by atoms with van der Waals surface area (Å²) in [5, 5.41) is 7.29. The first-order chi connectivity index (χ1) is 13.6. The molecule has 0 radical (unpaired) electrons. The fourth-order valence-electron chi connectivity index (χ4n) is 3.06. The molecule has 28 heavy (non-hydrogen) atoms. The van der Waals surface area contributed by atoms with Crippen LogP contribution < -0.4 is 10.6 Å². The van der Waals surface area contributed by atoms with Gasteiger partial charge in [0.2, 0.25) is 0 Å². The van der Waals surface area contributed by atoms with Crippen LogP contribution in [0.1, 0.15) is 21.5 Å². The molecule has 2 heterocycles. The first-order valence-corrected chi connectivity index (χ1v) is 9.06. The highest BCUT2D eigenvalue weighted by Crippen LogP contribution is 2.24. The zero-order valence-electron chi connectivity index (χ0n) is 15.7. The maximum Gasteiger partial charge on any atom is 0.255 e. The van der Waals surface area contributed by atoms with Crippen LogP contribution in [0.15, 0.2) is 73.1 Å². The molecule has 5 heteroatoms. The lowest BCUT2D eigenvalue weighted by Gasteiger charge is -2.12. The number of nitrogens with one attached hydrogen (secondary N) is 2. The van der Waals surface area contributed by atoms with Crippen molar-refractivity contribution in [1.82, 2.24) is 9.97 Å². The lowest BCUT2D eigenvalue weighted by atomic mass is 10.1. The van der Waals surface area contributed by atoms with E-state index >= 15 is 0 Å². The van der Waals surface area contributed by atoms with Crippen LogP contribution in [0.3, 0.4) is 0 Å². The van der Waals surface area contributed by atoms with Gasteiger partial charge in [-0.2, -0.15) is 0 Å². The van der Waals surface area contributed by atoms with E-state index in [2.05, 4.69) is 20.6 Å². The minimum Gasteiger partial charge on any atom is -0.338 e. The number of para-hydroxylation sites is 1. The zero-order valence-corrected chi connectivity index (χ0v) is 15.7. The van der Waals surface area contributed by atoms with Crippen molar-refractivity contribution < 1.29 is 4.79 Å².